The highest BCUT2D eigenvalue weighted by Crippen LogP contribution is 2.32. The van der Waals surface area contributed by atoms with Gasteiger partial charge in [-0.05, 0) is 54.4 Å². The second-order valence-electron chi connectivity index (χ2n) is 8.32. The van der Waals surface area contributed by atoms with E-state index in [1.54, 1.807) is 12.1 Å². The molecular formula is C27H29ClN2O3S. The quantitative estimate of drug-likeness (QED) is 0.359. The largest absolute Gasteiger partial charge is 0.494 e. The molecule has 0 spiro atoms. The first-order valence-corrected chi connectivity index (χ1v) is 12.7. The second-order valence-corrected chi connectivity index (χ2v) is 9.88. The zero-order valence-corrected chi connectivity index (χ0v) is 20.6. The van der Waals surface area contributed by atoms with Crippen LogP contribution in [-0.4, -0.2) is 60.2 Å². The summed E-state index contributed by atoms with van der Waals surface area (Å²) in [6.07, 6.45) is 0.969. The Morgan fingerprint density at radius 3 is 2.44 bits per heavy atom. The second kappa shape index (κ2) is 12.3. The maximum absolute atomic E-state index is 11.4. The molecule has 7 heteroatoms. The summed E-state index contributed by atoms with van der Waals surface area (Å²) in [5.41, 5.74) is 1.62. The molecule has 0 atom stereocenters. The maximum atomic E-state index is 11.4. The van der Waals surface area contributed by atoms with Gasteiger partial charge in [0.05, 0.1) is 12.2 Å². The first kappa shape index (κ1) is 24.6. The Hall–Kier alpha value is -2.51. The van der Waals surface area contributed by atoms with Crippen LogP contribution in [0.5, 0.6) is 5.75 Å². The van der Waals surface area contributed by atoms with E-state index in [-0.39, 0.29) is 0 Å². The van der Waals surface area contributed by atoms with Crippen LogP contribution in [0.25, 0.3) is 0 Å². The topological polar surface area (TPSA) is 53.0 Å². The third-order valence-electron chi connectivity index (χ3n) is 5.82. The Kier molecular flexibility index (Phi) is 8.88. The molecule has 1 aliphatic rings. The van der Waals surface area contributed by atoms with Gasteiger partial charge >= 0.3 is 5.97 Å². The summed E-state index contributed by atoms with van der Waals surface area (Å²) in [4.78, 5) is 18.1. The van der Waals surface area contributed by atoms with E-state index in [0.29, 0.717) is 12.2 Å². The van der Waals surface area contributed by atoms with E-state index in [1.807, 2.05) is 48.5 Å². The van der Waals surface area contributed by atoms with Gasteiger partial charge in [-0.1, -0.05) is 53.7 Å². The third kappa shape index (κ3) is 7.24. The van der Waals surface area contributed by atoms with E-state index >= 15 is 0 Å². The van der Waals surface area contributed by atoms with Gasteiger partial charge in [-0.3, -0.25) is 4.90 Å². The van der Waals surface area contributed by atoms with Crippen molar-refractivity contribution in [3.8, 4) is 5.75 Å². The molecule has 0 radical (unpaired) electrons. The maximum Gasteiger partial charge on any atom is 0.336 e. The van der Waals surface area contributed by atoms with Crippen molar-refractivity contribution in [1.82, 2.24) is 9.80 Å². The summed E-state index contributed by atoms with van der Waals surface area (Å²) in [6, 6.07) is 23.0. The first-order valence-electron chi connectivity index (χ1n) is 11.5. The number of piperazine rings is 1. The fourth-order valence-electron chi connectivity index (χ4n) is 3.98. The summed E-state index contributed by atoms with van der Waals surface area (Å²) in [6.45, 7) is 6.94. The monoisotopic (exact) mass is 496 g/mol. The standard InChI is InChI=1S/C27H29ClN2O3S/c28-22-11-9-21(10-12-22)20-30-16-14-29(15-17-30)13-4-18-33-23-5-3-6-24(19-23)34-26-8-2-1-7-25(26)27(31)32/h1-3,5-12,19H,4,13-18,20H2,(H,31,32). The van der Waals surface area contributed by atoms with Crippen LogP contribution >= 0.6 is 23.4 Å². The third-order valence-corrected chi connectivity index (χ3v) is 7.14. The highest BCUT2D eigenvalue weighted by Gasteiger charge is 2.16. The molecule has 1 heterocycles. The van der Waals surface area contributed by atoms with E-state index in [2.05, 4.69) is 21.9 Å². The van der Waals surface area contributed by atoms with Gasteiger partial charge in [0.2, 0.25) is 0 Å². The number of nitrogens with zero attached hydrogens (tertiary/aromatic N) is 2. The van der Waals surface area contributed by atoms with Crippen molar-refractivity contribution in [2.24, 2.45) is 0 Å². The van der Waals surface area contributed by atoms with Crippen LogP contribution in [0.15, 0.2) is 82.6 Å². The lowest BCUT2D eigenvalue weighted by Crippen LogP contribution is -2.46. The van der Waals surface area contributed by atoms with Gasteiger partial charge in [-0.2, -0.15) is 0 Å². The Balaban J connectivity index is 1.18. The number of carboxylic acid groups (broad SMARTS) is 1. The van der Waals surface area contributed by atoms with Crippen molar-refractivity contribution in [1.29, 1.82) is 0 Å². The highest BCUT2D eigenvalue weighted by molar-refractivity contribution is 7.99. The van der Waals surface area contributed by atoms with Gasteiger partial charge in [0.25, 0.3) is 0 Å². The molecule has 0 amide bonds. The summed E-state index contributed by atoms with van der Waals surface area (Å²) < 4.78 is 5.99. The van der Waals surface area contributed by atoms with Gasteiger partial charge in [0.1, 0.15) is 5.75 Å². The Morgan fingerprint density at radius 2 is 1.68 bits per heavy atom. The zero-order valence-electron chi connectivity index (χ0n) is 19.0. The van der Waals surface area contributed by atoms with Gasteiger partial charge in [0, 0.05) is 54.1 Å². The molecule has 4 rings (SSSR count). The van der Waals surface area contributed by atoms with Crippen LogP contribution < -0.4 is 4.74 Å². The lowest BCUT2D eigenvalue weighted by atomic mass is 10.2. The molecule has 0 saturated carbocycles. The van der Waals surface area contributed by atoms with Crippen LogP contribution in [0.2, 0.25) is 5.02 Å². The number of halogens is 1. The average Bonchev–Trinajstić information content (AvgIpc) is 2.85. The lowest BCUT2D eigenvalue weighted by Gasteiger charge is -2.34. The van der Waals surface area contributed by atoms with Crippen molar-refractivity contribution in [2.45, 2.75) is 22.8 Å². The molecule has 1 fully saturated rings. The summed E-state index contributed by atoms with van der Waals surface area (Å²) in [5.74, 6) is -0.105. The molecule has 178 valence electrons. The van der Waals surface area contributed by atoms with Gasteiger partial charge in [-0.15, -0.1) is 0 Å². The molecule has 5 nitrogen and oxygen atoms in total. The number of carboxylic acids is 1. The molecule has 0 aromatic heterocycles. The minimum absolute atomic E-state index is 0.312. The number of hydrogen-bond acceptors (Lipinski definition) is 5. The smallest absolute Gasteiger partial charge is 0.336 e. The highest BCUT2D eigenvalue weighted by atomic mass is 35.5. The summed E-state index contributed by atoms with van der Waals surface area (Å²) in [7, 11) is 0. The normalized spacial score (nSPS) is 14.7. The van der Waals surface area contributed by atoms with E-state index in [4.69, 9.17) is 16.3 Å². The number of aromatic carboxylic acids is 1. The molecule has 1 aliphatic heterocycles. The Bertz CT molecular complexity index is 1090. The van der Waals surface area contributed by atoms with E-state index in [9.17, 15) is 9.90 Å². The van der Waals surface area contributed by atoms with E-state index < -0.39 is 5.97 Å². The molecule has 0 bridgehead atoms. The Labute approximate surface area is 210 Å². The van der Waals surface area contributed by atoms with Crippen molar-refractivity contribution >= 4 is 29.3 Å². The summed E-state index contributed by atoms with van der Waals surface area (Å²) in [5, 5.41) is 10.2. The van der Waals surface area contributed by atoms with Gasteiger partial charge < -0.3 is 14.7 Å². The molecular weight excluding hydrogens is 468 g/mol. The van der Waals surface area contributed by atoms with Crippen LogP contribution in [-0.2, 0) is 6.54 Å². The SMILES string of the molecule is O=C(O)c1ccccc1Sc1cccc(OCCCN2CCN(Cc3ccc(Cl)cc3)CC2)c1. The minimum Gasteiger partial charge on any atom is -0.494 e. The number of ether oxygens (including phenoxy) is 1. The molecule has 0 unspecified atom stereocenters. The summed E-state index contributed by atoms with van der Waals surface area (Å²) >= 11 is 7.42. The lowest BCUT2D eigenvalue weighted by molar-refractivity contribution is 0.0693. The molecule has 1 N–H and O–H groups in total. The van der Waals surface area contributed by atoms with Gasteiger partial charge in [0.15, 0.2) is 0 Å². The molecule has 34 heavy (non-hydrogen) atoms. The van der Waals surface area contributed by atoms with Crippen LogP contribution in [0.3, 0.4) is 0 Å². The average molecular weight is 497 g/mol. The molecule has 3 aromatic rings. The number of rotatable bonds is 10. The number of hydrogen-bond donors (Lipinski definition) is 1. The number of carbonyl (C=O) groups is 1. The van der Waals surface area contributed by atoms with E-state index in [0.717, 1.165) is 66.3 Å². The number of benzene rings is 3. The molecule has 1 saturated heterocycles. The fraction of sp³-hybridized carbons (Fsp3) is 0.296. The van der Waals surface area contributed by atoms with E-state index in [1.165, 1.54) is 17.3 Å². The predicted molar refractivity (Wildman–Crippen MR) is 137 cm³/mol. The van der Waals surface area contributed by atoms with Crippen molar-refractivity contribution in [3.05, 3.63) is 88.9 Å². The zero-order chi connectivity index (χ0) is 23.8. The van der Waals surface area contributed by atoms with Gasteiger partial charge in [-0.25, -0.2) is 4.79 Å². The van der Waals surface area contributed by atoms with Crippen LogP contribution in [0.1, 0.15) is 22.3 Å². The first-order chi connectivity index (χ1) is 16.6. The predicted octanol–water partition coefficient (Wildman–Crippen LogP) is 5.78. The van der Waals surface area contributed by atoms with Crippen LogP contribution in [0.4, 0.5) is 0 Å². The van der Waals surface area contributed by atoms with Crippen molar-refractivity contribution in [2.75, 3.05) is 39.3 Å². The fourth-order valence-corrected chi connectivity index (χ4v) is 5.10. The minimum atomic E-state index is -0.915. The van der Waals surface area contributed by atoms with Crippen molar-refractivity contribution < 1.29 is 14.6 Å². The molecule has 0 aliphatic carbocycles. The van der Waals surface area contributed by atoms with Crippen molar-refractivity contribution in [3.63, 3.8) is 0 Å². The Morgan fingerprint density at radius 1 is 0.941 bits per heavy atom. The van der Waals surface area contributed by atoms with Crippen LogP contribution in [0, 0.1) is 0 Å². The molecule has 3 aromatic carbocycles.